The Morgan fingerprint density at radius 3 is 2.54 bits per heavy atom. The van der Waals surface area contributed by atoms with Crippen molar-refractivity contribution in [2.24, 2.45) is 0 Å². The Hall–Kier alpha value is -1.29. The Labute approximate surface area is 77.8 Å². The Balaban J connectivity index is 3.35. The van der Waals surface area contributed by atoms with Crippen molar-refractivity contribution >= 4 is 15.5 Å². The zero-order valence-electron chi connectivity index (χ0n) is 7.32. The van der Waals surface area contributed by atoms with E-state index in [1.54, 1.807) is 6.07 Å². The molecule has 0 aliphatic carbocycles. The fourth-order valence-corrected chi connectivity index (χ4v) is 1.63. The molecule has 0 unspecified atom stereocenters. The van der Waals surface area contributed by atoms with Crippen LogP contribution in [-0.4, -0.2) is 8.42 Å². The normalized spacial score (nSPS) is 11.2. The van der Waals surface area contributed by atoms with Gasteiger partial charge in [0.05, 0.1) is 4.90 Å². The lowest BCUT2D eigenvalue weighted by Gasteiger charge is -2.02. The highest BCUT2D eigenvalue weighted by Crippen LogP contribution is 2.18. The summed E-state index contributed by atoms with van der Waals surface area (Å²) in [5.74, 6) is 0. The first-order chi connectivity index (χ1) is 5.97. The van der Waals surface area contributed by atoms with E-state index in [1.807, 2.05) is 6.92 Å². The summed E-state index contributed by atoms with van der Waals surface area (Å²) in [4.78, 5) is 0.186. The molecule has 0 aliphatic heterocycles. The minimum Gasteiger partial charge on any atom is -0.398 e. The molecule has 0 atom stereocenters. The number of benzene rings is 1. The molecular formula is C9H11NO2S. The molecule has 0 amide bonds. The third-order valence-electron chi connectivity index (χ3n) is 1.80. The van der Waals surface area contributed by atoms with Gasteiger partial charge in [-0.15, -0.1) is 0 Å². The molecule has 4 heteroatoms. The molecule has 2 N–H and O–H groups in total. The monoisotopic (exact) mass is 197 g/mol. The molecule has 0 heterocycles. The fourth-order valence-electron chi connectivity index (χ4n) is 0.892. The fraction of sp³-hybridized carbons (Fsp3) is 0.111. The topological polar surface area (TPSA) is 60.2 Å². The molecule has 0 bridgehead atoms. The van der Waals surface area contributed by atoms with E-state index in [2.05, 4.69) is 6.58 Å². The molecular weight excluding hydrogens is 186 g/mol. The van der Waals surface area contributed by atoms with E-state index in [0.717, 1.165) is 11.0 Å². The third-order valence-corrected chi connectivity index (χ3v) is 3.15. The smallest absolute Gasteiger partial charge is 0.199 e. The summed E-state index contributed by atoms with van der Waals surface area (Å²) in [6.45, 7) is 5.05. The van der Waals surface area contributed by atoms with Crippen LogP contribution in [0.5, 0.6) is 0 Å². The molecule has 0 aromatic heterocycles. The van der Waals surface area contributed by atoms with Crippen molar-refractivity contribution in [1.82, 2.24) is 0 Å². The molecule has 0 aliphatic rings. The molecule has 0 spiro atoms. The van der Waals surface area contributed by atoms with Gasteiger partial charge in [-0.05, 0) is 24.6 Å². The van der Waals surface area contributed by atoms with Gasteiger partial charge in [0.25, 0.3) is 0 Å². The highest BCUT2D eigenvalue weighted by Gasteiger charge is 2.09. The number of nitrogens with two attached hydrogens (primary N) is 1. The Kier molecular flexibility index (Phi) is 2.43. The second-order valence-electron chi connectivity index (χ2n) is 2.73. The van der Waals surface area contributed by atoms with Crippen molar-refractivity contribution in [3.8, 4) is 0 Å². The average Bonchev–Trinajstić information content (AvgIpc) is 2.09. The quantitative estimate of drug-likeness (QED) is 0.731. The van der Waals surface area contributed by atoms with Crippen molar-refractivity contribution in [2.45, 2.75) is 11.8 Å². The van der Waals surface area contributed by atoms with Crippen molar-refractivity contribution in [3.05, 3.63) is 35.7 Å². The van der Waals surface area contributed by atoms with Gasteiger partial charge in [0, 0.05) is 11.1 Å². The van der Waals surface area contributed by atoms with Crippen molar-refractivity contribution in [2.75, 3.05) is 5.73 Å². The van der Waals surface area contributed by atoms with E-state index in [-0.39, 0.29) is 4.90 Å². The van der Waals surface area contributed by atoms with Gasteiger partial charge in [0.2, 0.25) is 0 Å². The molecule has 13 heavy (non-hydrogen) atoms. The zero-order valence-corrected chi connectivity index (χ0v) is 8.14. The Morgan fingerprint density at radius 2 is 2.08 bits per heavy atom. The third kappa shape index (κ3) is 1.89. The molecule has 1 aromatic rings. The van der Waals surface area contributed by atoms with Crippen LogP contribution in [0.4, 0.5) is 5.69 Å². The lowest BCUT2D eigenvalue weighted by atomic mass is 10.2. The van der Waals surface area contributed by atoms with Crippen LogP contribution in [0.25, 0.3) is 0 Å². The number of hydrogen-bond acceptors (Lipinski definition) is 3. The van der Waals surface area contributed by atoms with Gasteiger partial charge in [-0.1, -0.05) is 12.6 Å². The number of sulfone groups is 1. The summed E-state index contributed by atoms with van der Waals surface area (Å²) in [7, 11) is -3.35. The number of anilines is 1. The van der Waals surface area contributed by atoms with Crippen LogP contribution in [0.15, 0.2) is 35.1 Å². The second kappa shape index (κ2) is 3.22. The first kappa shape index (κ1) is 9.80. The van der Waals surface area contributed by atoms with Crippen LogP contribution >= 0.6 is 0 Å². The van der Waals surface area contributed by atoms with Gasteiger partial charge < -0.3 is 5.73 Å². The van der Waals surface area contributed by atoms with E-state index in [0.29, 0.717) is 5.69 Å². The lowest BCUT2D eigenvalue weighted by Crippen LogP contribution is -1.98. The lowest BCUT2D eigenvalue weighted by molar-refractivity contribution is 0.604. The predicted molar refractivity (Wildman–Crippen MR) is 53.0 cm³/mol. The van der Waals surface area contributed by atoms with Gasteiger partial charge in [0.15, 0.2) is 9.84 Å². The summed E-state index contributed by atoms with van der Waals surface area (Å²) >= 11 is 0. The zero-order chi connectivity index (χ0) is 10.1. The molecule has 0 saturated heterocycles. The average molecular weight is 197 g/mol. The van der Waals surface area contributed by atoms with Crippen LogP contribution < -0.4 is 5.73 Å². The van der Waals surface area contributed by atoms with Crippen LogP contribution in [0.3, 0.4) is 0 Å². The number of hydrogen-bond donors (Lipinski definition) is 1. The van der Waals surface area contributed by atoms with Crippen LogP contribution in [0, 0.1) is 6.92 Å². The molecule has 0 fully saturated rings. The van der Waals surface area contributed by atoms with Crippen molar-refractivity contribution in [3.63, 3.8) is 0 Å². The molecule has 70 valence electrons. The SMILES string of the molecule is C=CS(=O)(=O)c1ccc(C)c(N)c1. The summed E-state index contributed by atoms with van der Waals surface area (Å²) in [6, 6.07) is 4.63. The summed E-state index contributed by atoms with van der Waals surface area (Å²) in [5, 5.41) is 0.914. The van der Waals surface area contributed by atoms with E-state index in [1.165, 1.54) is 12.1 Å². The van der Waals surface area contributed by atoms with Crippen LogP contribution in [0.2, 0.25) is 0 Å². The minimum atomic E-state index is -3.35. The van der Waals surface area contributed by atoms with Crippen molar-refractivity contribution < 1.29 is 8.42 Å². The van der Waals surface area contributed by atoms with E-state index < -0.39 is 9.84 Å². The van der Waals surface area contributed by atoms with Gasteiger partial charge in [-0.3, -0.25) is 0 Å². The maximum Gasteiger partial charge on any atom is 0.199 e. The Morgan fingerprint density at radius 1 is 1.46 bits per heavy atom. The van der Waals surface area contributed by atoms with E-state index in [9.17, 15) is 8.42 Å². The molecule has 0 saturated carbocycles. The van der Waals surface area contributed by atoms with Gasteiger partial charge >= 0.3 is 0 Å². The van der Waals surface area contributed by atoms with Gasteiger partial charge in [-0.2, -0.15) is 0 Å². The van der Waals surface area contributed by atoms with Crippen molar-refractivity contribution in [1.29, 1.82) is 0 Å². The summed E-state index contributed by atoms with van der Waals surface area (Å²) < 4.78 is 22.6. The largest absolute Gasteiger partial charge is 0.398 e. The summed E-state index contributed by atoms with van der Waals surface area (Å²) in [5.41, 5.74) is 6.91. The predicted octanol–water partition coefficient (Wildman–Crippen LogP) is 1.49. The van der Waals surface area contributed by atoms with Gasteiger partial charge in [-0.25, -0.2) is 8.42 Å². The standard InChI is InChI=1S/C9H11NO2S/c1-3-13(11,12)8-5-4-7(2)9(10)6-8/h3-6H,1,10H2,2H3. The van der Waals surface area contributed by atoms with Crippen LogP contribution in [0.1, 0.15) is 5.56 Å². The summed E-state index contributed by atoms with van der Waals surface area (Å²) in [6.07, 6.45) is 0. The maximum absolute atomic E-state index is 11.3. The highest BCUT2D eigenvalue weighted by molar-refractivity contribution is 7.94. The van der Waals surface area contributed by atoms with Crippen LogP contribution in [-0.2, 0) is 9.84 Å². The molecule has 3 nitrogen and oxygen atoms in total. The van der Waals surface area contributed by atoms with E-state index >= 15 is 0 Å². The molecule has 1 rings (SSSR count). The second-order valence-corrected chi connectivity index (χ2v) is 4.62. The first-order valence-electron chi connectivity index (χ1n) is 3.71. The number of aryl methyl sites for hydroxylation is 1. The van der Waals surface area contributed by atoms with Gasteiger partial charge in [0.1, 0.15) is 0 Å². The molecule has 1 aromatic carbocycles. The number of rotatable bonds is 2. The van der Waals surface area contributed by atoms with E-state index in [4.69, 9.17) is 5.73 Å². The first-order valence-corrected chi connectivity index (χ1v) is 5.25. The molecule has 0 radical (unpaired) electrons. The Bertz CT molecular complexity index is 435. The maximum atomic E-state index is 11.3. The minimum absolute atomic E-state index is 0.186. The highest BCUT2D eigenvalue weighted by atomic mass is 32.2. The number of nitrogen functional groups attached to an aromatic ring is 1.